The molecule has 1 heterocycles. The van der Waals surface area contributed by atoms with Crippen molar-refractivity contribution in [1.29, 1.82) is 0 Å². The number of pyridine rings is 1. The predicted octanol–water partition coefficient (Wildman–Crippen LogP) is 5.26. The molecule has 3 aromatic rings. The normalized spacial score (nSPS) is 14.8. The van der Waals surface area contributed by atoms with E-state index in [4.69, 9.17) is 0 Å². The summed E-state index contributed by atoms with van der Waals surface area (Å²) >= 11 is 0. The van der Waals surface area contributed by atoms with Crippen molar-refractivity contribution in [3.05, 3.63) is 75.6 Å². The number of aromatic amines is 1. The quantitative estimate of drug-likeness (QED) is 0.663. The van der Waals surface area contributed by atoms with E-state index in [-0.39, 0.29) is 17.4 Å². The van der Waals surface area contributed by atoms with Crippen LogP contribution in [0.3, 0.4) is 0 Å². The molecule has 1 N–H and O–H groups in total. The van der Waals surface area contributed by atoms with Crippen molar-refractivity contribution >= 4 is 22.5 Å². The molecular formula is C25H28N2O2. The molecule has 1 saturated carbocycles. The highest BCUT2D eigenvalue weighted by atomic mass is 16.2. The van der Waals surface area contributed by atoms with Gasteiger partial charge in [0, 0.05) is 22.7 Å². The zero-order chi connectivity index (χ0) is 20.4. The summed E-state index contributed by atoms with van der Waals surface area (Å²) in [5.41, 5.74) is 4.40. The van der Waals surface area contributed by atoms with Crippen LogP contribution in [-0.4, -0.2) is 10.9 Å². The molecule has 1 fully saturated rings. The number of hydrogen-bond acceptors (Lipinski definition) is 2. The number of H-pyrrole nitrogens is 1. The van der Waals surface area contributed by atoms with E-state index in [1.165, 1.54) is 6.42 Å². The predicted molar refractivity (Wildman–Crippen MR) is 118 cm³/mol. The third kappa shape index (κ3) is 4.12. The van der Waals surface area contributed by atoms with Crippen molar-refractivity contribution in [3.8, 4) is 0 Å². The van der Waals surface area contributed by atoms with Crippen molar-refractivity contribution in [2.45, 2.75) is 52.5 Å². The fourth-order valence-corrected chi connectivity index (χ4v) is 4.38. The second-order valence-electron chi connectivity index (χ2n) is 8.26. The van der Waals surface area contributed by atoms with Gasteiger partial charge in [-0.1, -0.05) is 49.1 Å². The lowest BCUT2D eigenvalue weighted by Crippen LogP contribution is -2.38. The first kappa shape index (κ1) is 19.4. The van der Waals surface area contributed by atoms with Crippen LogP contribution >= 0.6 is 0 Å². The van der Waals surface area contributed by atoms with Gasteiger partial charge in [0.2, 0.25) is 5.91 Å². The van der Waals surface area contributed by atoms with Crippen molar-refractivity contribution in [2.24, 2.45) is 5.92 Å². The Hall–Kier alpha value is -2.88. The number of nitrogens with zero attached hydrogens (tertiary/aromatic N) is 1. The number of aromatic nitrogens is 1. The Labute approximate surface area is 171 Å². The van der Waals surface area contributed by atoms with Crippen LogP contribution in [0, 0.1) is 19.8 Å². The topological polar surface area (TPSA) is 53.2 Å². The molecule has 0 radical (unpaired) electrons. The number of amides is 1. The van der Waals surface area contributed by atoms with Crippen LogP contribution in [-0.2, 0) is 11.3 Å². The number of aryl methyl sites for hydroxylation is 2. The summed E-state index contributed by atoms with van der Waals surface area (Å²) in [6.45, 7) is 4.35. The minimum atomic E-state index is -0.128. The standard InChI is InChI=1S/C25H28N2O2/c1-17-12-13-22-20(14-17)15-21(24(28)26-22)16-27(23-11-7-6-8-18(23)2)25(29)19-9-4-3-5-10-19/h6-8,11-15,19H,3-5,9-10,16H2,1-2H3,(H,26,28). The van der Waals surface area contributed by atoms with Crippen LogP contribution in [0.4, 0.5) is 5.69 Å². The number of para-hydroxylation sites is 1. The molecule has 0 aliphatic heterocycles. The number of rotatable bonds is 4. The lowest BCUT2D eigenvalue weighted by molar-refractivity contribution is -0.123. The third-order valence-electron chi connectivity index (χ3n) is 6.03. The summed E-state index contributed by atoms with van der Waals surface area (Å²) < 4.78 is 0. The fraction of sp³-hybridized carbons (Fsp3) is 0.360. The van der Waals surface area contributed by atoms with E-state index in [2.05, 4.69) is 11.1 Å². The maximum atomic E-state index is 13.5. The summed E-state index contributed by atoms with van der Waals surface area (Å²) in [7, 11) is 0. The fourth-order valence-electron chi connectivity index (χ4n) is 4.38. The van der Waals surface area contributed by atoms with Crippen LogP contribution in [0.2, 0.25) is 0 Å². The largest absolute Gasteiger partial charge is 0.322 e. The summed E-state index contributed by atoms with van der Waals surface area (Å²) in [6, 6.07) is 15.9. The van der Waals surface area contributed by atoms with Gasteiger partial charge in [-0.15, -0.1) is 0 Å². The minimum Gasteiger partial charge on any atom is -0.322 e. The number of carbonyl (C=O) groups excluding carboxylic acids is 1. The van der Waals surface area contributed by atoms with E-state index >= 15 is 0 Å². The monoisotopic (exact) mass is 388 g/mol. The lowest BCUT2D eigenvalue weighted by atomic mass is 9.88. The number of carbonyl (C=O) groups is 1. The van der Waals surface area contributed by atoms with Gasteiger partial charge in [0.1, 0.15) is 0 Å². The smallest absolute Gasteiger partial charge is 0.253 e. The first-order valence-electron chi connectivity index (χ1n) is 10.5. The van der Waals surface area contributed by atoms with Crippen molar-refractivity contribution < 1.29 is 4.79 Å². The maximum Gasteiger partial charge on any atom is 0.253 e. The molecule has 0 spiro atoms. The summed E-state index contributed by atoms with van der Waals surface area (Å²) in [6.07, 6.45) is 5.29. The van der Waals surface area contributed by atoms with E-state index < -0.39 is 0 Å². The second kappa shape index (κ2) is 8.24. The molecule has 1 aromatic heterocycles. The van der Waals surface area contributed by atoms with Gasteiger partial charge >= 0.3 is 0 Å². The number of hydrogen-bond donors (Lipinski definition) is 1. The van der Waals surface area contributed by atoms with Gasteiger partial charge in [0.25, 0.3) is 5.56 Å². The average Bonchev–Trinajstić information content (AvgIpc) is 2.73. The van der Waals surface area contributed by atoms with Gasteiger partial charge in [-0.2, -0.15) is 0 Å². The molecule has 4 heteroatoms. The SMILES string of the molecule is Cc1ccc2[nH]c(=O)c(CN(C(=O)C3CCCCC3)c3ccccc3C)cc2c1. The summed E-state index contributed by atoms with van der Waals surface area (Å²) in [5.74, 6) is 0.188. The zero-order valence-corrected chi connectivity index (χ0v) is 17.2. The van der Waals surface area contributed by atoms with Crippen LogP contribution in [0.25, 0.3) is 10.9 Å². The third-order valence-corrected chi connectivity index (χ3v) is 6.03. The second-order valence-corrected chi connectivity index (χ2v) is 8.26. The molecule has 4 rings (SSSR count). The highest BCUT2D eigenvalue weighted by Gasteiger charge is 2.28. The number of benzene rings is 2. The summed E-state index contributed by atoms with van der Waals surface area (Å²) in [4.78, 5) is 31.1. The highest BCUT2D eigenvalue weighted by Crippen LogP contribution is 2.30. The first-order valence-corrected chi connectivity index (χ1v) is 10.5. The van der Waals surface area contributed by atoms with E-state index in [9.17, 15) is 9.59 Å². The highest BCUT2D eigenvalue weighted by molar-refractivity contribution is 5.95. The van der Waals surface area contributed by atoms with E-state index in [0.29, 0.717) is 12.1 Å². The molecule has 1 aliphatic carbocycles. The average molecular weight is 389 g/mol. The van der Waals surface area contributed by atoms with Crippen LogP contribution < -0.4 is 10.5 Å². The molecule has 0 atom stereocenters. The molecule has 0 unspecified atom stereocenters. The molecule has 4 nitrogen and oxygen atoms in total. The van der Waals surface area contributed by atoms with Gasteiger partial charge in [0.15, 0.2) is 0 Å². The molecule has 29 heavy (non-hydrogen) atoms. The zero-order valence-electron chi connectivity index (χ0n) is 17.2. The van der Waals surface area contributed by atoms with Crippen molar-refractivity contribution in [1.82, 2.24) is 4.98 Å². The molecule has 1 aliphatic rings. The Morgan fingerprint density at radius 3 is 2.55 bits per heavy atom. The number of anilines is 1. The van der Waals surface area contributed by atoms with Crippen molar-refractivity contribution in [2.75, 3.05) is 4.90 Å². The summed E-state index contributed by atoms with van der Waals surface area (Å²) in [5, 5.41) is 0.995. The van der Waals surface area contributed by atoms with Crippen LogP contribution in [0.5, 0.6) is 0 Å². The number of fused-ring (bicyclic) bond motifs is 1. The Morgan fingerprint density at radius 1 is 1.03 bits per heavy atom. The Kier molecular flexibility index (Phi) is 5.52. The first-order chi connectivity index (χ1) is 14.0. The molecule has 2 aromatic carbocycles. The van der Waals surface area contributed by atoms with Gasteiger partial charge in [0.05, 0.1) is 6.54 Å². The number of nitrogens with one attached hydrogen (secondary N) is 1. The van der Waals surface area contributed by atoms with E-state index in [1.54, 1.807) is 0 Å². The van der Waals surface area contributed by atoms with Crippen LogP contribution in [0.1, 0.15) is 48.8 Å². The lowest BCUT2D eigenvalue weighted by Gasteiger charge is -2.30. The van der Waals surface area contributed by atoms with Gasteiger partial charge in [-0.05, 0) is 61.9 Å². The van der Waals surface area contributed by atoms with Gasteiger partial charge in [-0.25, -0.2) is 0 Å². The molecule has 1 amide bonds. The van der Waals surface area contributed by atoms with Gasteiger partial charge in [-0.3, -0.25) is 9.59 Å². The van der Waals surface area contributed by atoms with E-state index in [1.807, 2.05) is 61.2 Å². The molecule has 0 saturated heterocycles. The van der Waals surface area contributed by atoms with Crippen molar-refractivity contribution in [3.63, 3.8) is 0 Å². The minimum absolute atomic E-state index is 0.0464. The maximum absolute atomic E-state index is 13.5. The van der Waals surface area contributed by atoms with E-state index in [0.717, 1.165) is 53.4 Å². The Bertz CT molecular complexity index is 1090. The van der Waals surface area contributed by atoms with Gasteiger partial charge < -0.3 is 9.88 Å². The van der Waals surface area contributed by atoms with Crippen LogP contribution in [0.15, 0.2) is 53.3 Å². The Morgan fingerprint density at radius 2 is 1.79 bits per heavy atom. The molecular weight excluding hydrogens is 360 g/mol. The molecule has 0 bridgehead atoms. The Balaban J connectivity index is 1.74. The molecule has 150 valence electrons.